The maximum atomic E-state index is 12.6. The molecular weight excluding hydrogens is 374 g/mol. The molecule has 30 heavy (non-hydrogen) atoms. The van der Waals surface area contributed by atoms with Crippen LogP contribution < -0.4 is 0 Å². The Morgan fingerprint density at radius 2 is 1.57 bits per heavy atom. The van der Waals surface area contributed by atoms with Crippen LogP contribution in [0.3, 0.4) is 0 Å². The van der Waals surface area contributed by atoms with Gasteiger partial charge in [-0.05, 0) is 34.9 Å². The first-order valence-corrected chi connectivity index (χ1v) is 10.7. The molecule has 5 heteroatoms. The highest BCUT2D eigenvalue weighted by Gasteiger charge is 2.36. The van der Waals surface area contributed by atoms with Crippen molar-refractivity contribution in [2.45, 2.75) is 65.0 Å². The molecule has 1 aliphatic rings. The molecule has 156 valence electrons. The van der Waals surface area contributed by atoms with Crippen molar-refractivity contribution in [3.05, 3.63) is 71.1 Å². The van der Waals surface area contributed by atoms with E-state index in [0.717, 1.165) is 11.1 Å². The van der Waals surface area contributed by atoms with Crippen molar-refractivity contribution in [1.29, 1.82) is 0 Å². The van der Waals surface area contributed by atoms with Crippen molar-refractivity contribution in [2.24, 2.45) is 0 Å². The van der Waals surface area contributed by atoms with Crippen LogP contribution in [0.4, 0.5) is 0 Å². The molecule has 0 radical (unpaired) electrons. The summed E-state index contributed by atoms with van der Waals surface area (Å²) in [6.07, 6.45) is 1.21. The summed E-state index contributed by atoms with van der Waals surface area (Å²) in [5, 5.41) is 4.18. The van der Waals surface area contributed by atoms with Crippen molar-refractivity contribution in [1.82, 2.24) is 15.0 Å². The molecule has 2 heterocycles. The predicted molar refractivity (Wildman–Crippen MR) is 117 cm³/mol. The Morgan fingerprint density at radius 1 is 0.967 bits per heavy atom. The Kier molecular flexibility index (Phi) is 5.71. The Bertz CT molecular complexity index is 1000. The first kappa shape index (κ1) is 20.3. The number of benzene rings is 2. The van der Waals surface area contributed by atoms with E-state index in [1.54, 1.807) is 0 Å². The Labute approximate surface area is 178 Å². The van der Waals surface area contributed by atoms with Gasteiger partial charge in [-0.3, -0.25) is 4.79 Å². The summed E-state index contributed by atoms with van der Waals surface area (Å²) in [6, 6.07) is 16.6. The van der Waals surface area contributed by atoms with Gasteiger partial charge in [0, 0.05) is 18.5 Å². The third-order valence-corrected chi connectivity index (χ3v) is 5.89. The number of hydrogen-bond donors (Lipinski definition) is 0. The minimum atomic E-state index is -0.168. The van der Waals surface area contributed by atoms with E-state index in [2.05, 4.69) is 74.2 Å². The lowest BCUT2D eigenvalue weighted by Gasteiger charge is -2.22. The van der Waals surface area contributed by atoms with E-state index in [0.29, 0.717) is 42.9 Å². The fourth-order valence-electron chi connectivity index (χ4n) is 3.90. The summed E-state index contributed by atoms with van der Waals surface area (Å²) in [6.45, 7) is 9.26. The van der Waals surface area contributed by atoms with Gasteiger partial charge in [0.2, 0.25) is 17.6 Å². The number of hydrogen-bond acceptors (Lipinski definition) is 4. The Hall–Kier alpha value is -2.95. The molecule has 0 N–H and O–H groups in total. The summed E-state index contributed by atoms with van der Waals surface area (Å²) in [7, 11) is 0. The van der Waals surface area contributed by atoms with Gasteiger partial charge < -0.3 is 9.42 Å². The average molecular weight is 404 g/mol. The zero-order valence-corrected chi connectivity index (χ0v) is 18.1. The summed E-state index contributed by atoms with van der Waals surface area (Å²) in [5.74, 6) is 2.19. The highest BCUT2D eigenvalue weighted by Crippen LogP contribution is 2.34. The van der Waals surface area contributed by atoms with Gasteiger partial charge in [-0.15, -0.1) is 0 Å². The first-order valence-electron chi connectivity index (χ1n) is 10.7. The van der Waals surface area contributed by atoms with Crippen LogP contribution in [-0.2, 0) is 11.3 Å². The molecule has 0 spiro atoms. The fraction of sp³-hybridized carbons (Fsp3) is 0.400. The van der Waals surface area contributed by atoms with Crippen LogP contribution in [-0.4, -0.2) is 20.9 Å². The van der Waals surface area contributed by atoms with Crippen LogP contribution in [0.1, 0.15) is 81.0 Å². The molecule has 1 aromatic heterocycles. The van der Waals surface area contributed by atoms with Crippen LogP contribution >= 0.6 is 0 Å². The predicted octanol–water partition coefficient (Wildman–Crippen LogP) is 5.85. The molecule has 4 rings (SSSR count). The second-order valence-corrected chi connectivity index (χ2v) is 8.71. The smallest absolute Gasteiger partial charge is 0.249 e. The van der Waals surface area contributed by atoms with Crippen molar-refractivity contribution >= 4 is 5.91 Å². The van der Waals surface area contributed by atoms with Crippen molar-refractivity contribution in [2.75, 3.05) is 0 Å². The van der Waals surface area contributed by atoms with E-state index in [1.165, 1.54) is 11.1 Å². The number of amides is 1. The summed E-state index contributed by atoms with van der Waals surface area (Å²) >= 11 is 0. The second-order valence-electron chi connectivity index (χ2n) is 8.71. The number of likely N-dealkylation sites (tertiary alicyclic amines) is 1. The standard InChI is InChI=1S/C25H29N3O2/c1-16(2)19-7-5-18(6-8-19)15-28-22(13-14-23(28)29)25-26-24(27-30-25)21-11-9-20(10-12-21)17(3)4/h5-12,16-17,22H,13-15H2,1-4H3. The van der Waals surface area contributed by atoms with E-state index in [4.69, 9.17) is 4.52 Å². The number of nitrogens with zero attached hydrogens (tertiary/aromatic N) is 3. The van der Waals surface area contributed by atoms with Gasteiger partial charge in [0.25, 0.3) is 0 Å². The lowest BCUT2D eigenvalue weighted by atomic mass is 10.0. The van der Waals surface area contributed by atoms with E-state index >= 15 is 0 Å². The lowest BCUT2D eigenvalue weighted by molar-refractivity contribution is -0.129. The minimum absolute atomic E-state index is 0.133. The van der Waals surface area contributed by atoms with Crippen molar-refractivity contribution in [3.63, 3.8) is 0 Å². The Balaban J connectivity index is 1.52. The van der Waals surface area contributed by atoms with Crippen LogP contribution in [0.25, 0.3) is 11.4 Å². The molecule has 1 unspecified atom stereocenters. The van der Waals surface area contributed by atoms with Gasteiger partial charge in [-0.1, -0.05) is 81.4 Å². The monoisotopic (exact) mass is 403 g/mol. The Morgan fingerprint density at radius 3 is 2.17 bits per heavy atom. The zero-order chi connectivity index (χ0) is 21.3. The van der Waals surface area contributed by atoms with Gasteiger partial charge in [0.05, 0.1) is 0 Å². The van der Waals surface area contributed by atoms with Crippen molar-refractivity contribution < 1.29 is 9.32 Å². The zero-order valence-electron chi connectivity index (χ0n) is 18.1. The third-order valence-electron chi connectivity index (χ3n) is 5.89. The molecule has 1 fully saturated rings. The SMILES string of the molecule is CC(C)c1ccc(CN2C(=O)CCC2c2nc(-c3ccc(C(C)C)cc3)no2)cc1. The summed E-state index contributed by atoms with van der Waals surface area (Å²) in [5.41, 5.74) is 4.62. The topological polar surface area (TPSA) is 59.2 Å². The fourth-order valence-corrected chi connectivity index (χ4v) is 3.90. The van der Waals surface area contributed by atoms with E-state index in [1.807, 2.05) is 17.0 Å². The minimum Gasteiger partial charge on any atom is -0.337 e. The molecule has 1 amide bonds. The molecule has 0 saturated carbocycles. The average Bonchev–Trinajstić information content (AvgIpc) is 3.36. The molecule has 2 aromatic carbocycles. The molecule has 1 aliphatic heterocycles. The molecule has 0 aliphatic carbocycles. The molecular formula is C25H29N3O2. The third kappa shape index (κ3) is 4.16. The van der Waals surface area contributed by atoms with Gasteiger partial charge >= 0.3 is 0 Å². The number of aromatic nitrogens is 2. The number of carbonyl (C=O) groups excluding carboxylic acids is 1. The maximum absolute atomic E-state index is 12.6. The van der Waals surface area contributed by atoms with Crippen LogP contribution in [0.5, 0.6) is 0 Å². The van der Waals surface area contributed by atoms with Gasteiger partial charge in [-0.2, -0.15) is 4.98 Å². The number of carbonyl (C=O) groups is 1. The highest BCUT2D eigenvalue weighted by molar-refractivity contribution is 5.78. The normalized spacial score (nSPS) is 16.8. The molecule has 5 nitrogen and oxygen atoms in total. The lowest BCUT2D eigenvalue weighted by Crippen LogP contribution is -2.27. The van der Waals surface area contributed by atoms with Crippen LogP contribution in [0.15, 0.2) is 53.1 Å². The quantitative estimate of drug-likeness (QED) is 0.518. The van der Waals surface area contributed by atoms with Crippen LogP contribution in [0, 0.1) is 0 Å². The summed E-state index contributed by atoms with van der Waals surface area (Å²) in [4.78, 5) is 19.0. The van der Waals surface area contributed by atoms with E-state index in [-0.39, 0.29) is 11.9 Å². The van der Waals surface area contributed by atoms with E-state index < -0.39 is 0 Å². The molecule has 1 atom stereocenters. The number of rotatable bonds is 6. The van der Waals surface area contributed by atoms with E-state index in [9.17, 15) is 4.79 Å². The maximum Gasteiger partial charge on any atom is 0.249 e. The molecule has 1 saturated heterocycles. The van der Waals surface area contributed by atoms with Crippen molar-refractivity contribution in [3.8, 4) is 11.4 Å². The first-order chi connectivity index (χ1) is 14.4. The van der Waals surface area contributed by atoms with Gasteiger partial charge in [-0.25, -0.2) is 0 Å². The molecule has 3 aromatic rings. The van der Waals surface area contributed by atoms with Gasteiger partial charge in [0.1, 0.15) is 6.04 Å². The molecule has 0 bridgehead atoms. The largest absolute Gasteiger partial charge is 0.337 e. The highest BCUT2D eigenvalue weighted by atomic mass is 16.5. The van der Waals surface area contributed by atoms with Gasteiger partial charge in [0.15, 0.2) is 0 Å². The van der Waals surface area contributed by atoms with Crippen LogP contribution in [0.2, 0.25) is 0 Å². The second kappa shape index (κ2) is 8.42. The summed E-state index contributed by atoms with van der Waals surface area (Å²) < 4.78 is 5.59.